The number of carbonyl (C=O) groups is 1. The predicted octanol–water partition coefficient (Wildman–Crippen LogP) is 3.60. The van der Waals surface area contributed by atoms with Crippen LogP contribution in [0.15, 0.2) is 17.7 Å². The Morgan fingerprint density at radius 1 is 1.12 bits per heavy atom. The average molecular weight is 349 g/mol. The number of piperidine rings is 1. The van der Waals surface area contributed by atoms with Crippen LogP contribution in [0.1, 0.15) is 36.5 Å². The average Bonchev–Trinajstić information content (AvgIpc) is 2.71. The number of hydrogen-bond donors (Lipinski definition) is 0. The number of amides is 1. The van der Waals surface area contributed by atoms with Gasteiger partial charge in [-0.15, -0.1) is 0 Å². The van der Waals surface area contributed by atoms with Gasteiger partial charge < -0.3 is 9.74 Å². The van der Waals surface area contributed by atoms with E-state index in [4.69, 9.17) is 16.4 Å². The van der Waals surface area contributed by atoms with Crippen molar-refractivity contribution in [2.24, 2.45) is 0 Å². The third kappa shape index (κ3) is 2.48. The monoisotopic (exact) mass is 348 g/mol. The first kappa shape index (κ1) is 17.5. The molecule has 0 saturated carbocycles. The van der Waals surface area contributed by atoms with Crippen LogP contribution in [0.5, 0.6) is 0 Å². The Hall–Kier alpha value is -1.36. The molecule has 24 heavy (non-hydrogen) atoms. The van der Waals surface area contributed by atoms with Gasteiger partial charge in [0.15, 0.2) is 0 Å². The van der Waals surface area contributed by atoms with Gasteiger partial charge in [-0.25, -0.2) is 0 Å². The first-order valence-corrected chi connectivity index (χ1v) is 8.75. The third-order valence-electron chi connectivity index (χ3n) is 5.79. The summed E-state index contributed by atoms with van der Waals surface area (Å²) in [5.74, 6) is 0.117. The van der Waals surface area contributed by atoms with E-state index in [2.05, 4.69) is 6.92 Å². The number of hydrogen-bond acceptors (Lipinski definition) is 3. The molecule has 1 saturated heterocycles. The van der Waals surface area contributed by atoms with Crippen LogP contribution in [0, 0.1) is 13.8 Å². The summed E-state index contributed by atoms with van der Waals surface area (Å²) in [5.41, 5.74) is 5.00. The van der Waals surface area contributed by atoms with Crippen molar-refractivity contribution >= 4 is 23.1 Å². The molecule has 0 N–H and O–H groups in total. The van der Waals surface area contributed by atoms with Gasteiger partial charge in [0.1, 0.15) is 0 Å². The van der Waals surface area contributed by atoms with Crippen molar-refractivity contribution in [1.82, 2.24) is 9.96 Å². The molecule has 0 bridgehead atoms. The Kier molecular flexibility index (Phi) is 4.49. The molecule has 1 amide bonds. The van der Waals surface area contributed by atoms with Crippen LogP contribution >= 0.6 is 11.6 Å². The van der Waals surface area contributed by atoms with E-state index in [1.807, 2.05) is 43.0 Å². The molecule has 3 rings (SSSR count). The van der Waals surface area contributed by atoms with Crippen molar-refractivity contribution in [3.63, 3.8) is 0 Å². The Morgan fingerprint density at radius 3 is 2.17 bits per heavy atom. The standard InChI is InChI=1S/C19H25ClN2O2/c1-12-10-15(20)11-13(2)16(12)17-14(3)19(21(4)18(17)23)6-8-22(24-5)9-7-19/h10-11H,6-9H2,1-5H3. The van der Waals surface area contributed by atoms with E-state index in [1.165, 1.54) is 5.57 Å². The van der Waals surface area contributed by atoms with E-state index < -0.39 is 0 Å². The number of carbonyl (C=O) groups excluding carboxylic acids is 1. The summed E-state index contributed by atoms with van der Waals surface area (Å²) in [6.07, 6.45) is 1.79. The van der Waals surface area contributed by atoms with Crippen molar-refractivity contribution in [3.8, 4) is 0 Å². The molecule has 2 aliphatic heterocycles. The van der Waals surface area contributed by atoms with Crippen molar-refractivity contribution in [3.05, 3.63) is 39.4 Å². The SMILES string of the molecule is CON1CCC2(CC1)C(C)=C(c1c(C)cc(Cl)cc1C)C(=O)N2C. The number of aryl methyl sites for hydroxylation is 2. The molecule has 0 aromatic heterocycles. The molecular formula is C19H25ClN2O2. The van der Waals surface area contributed by atoms with E-state index in [0.717, 1.165) is 48.2 Å². The largest absolute Gasteiger partial charge is 0.332 e. The molecule has 1 aromatic carbocycles. The van der Waals surface area contributed by atoms with Gasteiger partial charge in [-0.1, -0.05) is 11.6 Å². The highest BCUT2D eigenvalue weighted by Gasteiger charge is 2.49. The molecule has 2 heterocycles. The zero-order valence-electron chi connectivity index (χ0n) is 15.1. The second kappa shape index (κ2) is 6.17. The third-order valence-corrected chi connectivity index (χ3v) is 6.01. The van der Waals surface area contributed by atoms with Gasteiger partial charge in [0.05, 0.1) is 12.6 Å². The Labute approximate surface area is 149 Å². The fourth-order valence-electron chi connectivity index (χ4n) is 4.36. The quantitative estimate of drug-likeness (QED) is 0.818. The van der Waals surface area contributed by atoms with Gasteiger partial charge in [-0.05, 0) is 68.0 Å². The predicted molar refractivity (Wildman–Crippen MR) is 96.8 cm³/mol. The van der Waals surface area contributed by atoms with Gasteiger partial charge in [0, 0.05) is 30.7 Å². The minimum atomic E-state index is -0.194. The smallest absolute Gasteiger partial charge is 0.254 e. The summed E-state index contributed by atoms with van der Waals surface area (Å²) in [4.78, 5) is 20.4. The number of nitrogens with zero attached hydrogens (tertiary/aromatic N) is 2. The molecule has 0 unspecified atom stereocenters. The molecule has 1 fully saturated rings. The maximum atomic E-state index is 13.1. The van der Waals surface area contributed by atoms with Crippen molar-refractivity contribution in [2.75, 3.05) is 27.2 Å². The lowest BCUT2D eigenvalue weighted by atomic mass is 9.80. The van der Waals surface area contributed by atoms with Gasteiger partial charge >= 0.3 is 0 Å². The van der Waals surface area contributed by atoms with Gasteiger partial charge in [-0.3, -0.25) is 4.79 Å². The van der Waals surface area contributed by atoms with Gasteiger partial charge in [-0.2, -0.15) is 5.06 Å². The van der Waals surface area contributed by atoms with Crippen LogP contribution in [0.2, 0.25) is 5.02 Å². The first-order valence-electron chi connectivity index (χ1n) is 8.37. The fourth-order valence-corrected chi connectivity index (χ4v) is 4.68. The van der Waals surface area contributed by atoms with E-state index in [-0.39, 0.29) is 11.4 Å². The van der Waals surface area contributed by atoms with Gasteiger partial charge in [0.2, 0.25) is 0 Å². The molecule has 0 aliphatic carbocycles. The van der Waals surface area contributed by atoms with Crippen molar-refractivity contribution in [1.29, 1.82) is 0 Å². The maximum Gasteiger partial charge on any atom is 0.254 e. The molecule has 130 valence electrons. The molecule has 2 aliphatic rings. The van der Waals surface area contributed by atoms with E-state index >= 15 is 0 Å². The summed E-state index contributed by atoms with van der Waals surface area (Å²) in [6.45, 7) is 7.84. The molecule has 1 spiro atoms. The maximum absolute atomic E-state index is 13.1. The molecular weight excluding hydrogens is 324 g/mol. The van der Waals surface area contributed by atoms with Gasteiger partial charge in [0.25, 0.3) is 5.91 Å². The number of rotatable bonds is 2. The summed E-state index contributed by atoms with van der Waals surface area (Å²) in [7, 11) is 3.64. The molecule has 1 aromatic rings. The lowest BCUT2D eigenvalue weighted by molar-refractivity contribution is -0.159. The summed E-state index contributed by atoms with van der Waals surface area (Å²) in [6, 6.07) is 3.88. The number of hydroxylamine groups is 2. The summed E-state index contributed by atoms with van der Waals surface area (Å²) < 4.78 is 0. The van der Waals surface area contributed by atoms with Crippen LogP contribution in [0.25, 0.3) is 5.57 Å². The van der Waals surface area contributed by atoms with Crippen LogP contribution < -0.4 is 0 Å². The Bertz CT molecular complexity index is 695. The second-order valence-electron chi connectivity index (χ2n) is 6.92. The Morgan fingerprint density at radius 2 is 1.67 bits per heavy atom. The highest BCUT2D eigenvalue weighted by molar-refractivity contribution is 6.31. The minimum absolute atomic E-state index is 0.117. The summed E-state index contributed by atoms with van der Waals surface area (Å²) >= 11 is 6.17. The van der Waals surface area contributed by atoms with Crippen molar-refractivity contribution < 1.29 is 9.63 Å². The molecule has 4 nitrogen and oxygen atoms in total. The van der Waals surface area contributed by atoms with E-state index in [0.29, 0.717) is 5.02 Å². The molecule has 0 radical (unpaired) electrons. The topological polar surface area (TPSA) is 32.8 Å². The van der Waals surface area contributed by atoms with Crippen LogP contribution in [0.3, 0.4) is 0 Å². The van der Waals surface area contributed by atoms with Crippen molar-refractivity contribution in [2.45, 2.75) is 39.2 Å². The van der Waals surface area contributed by atoms with Crippen LogP contribution in [-0.2, 0) is 9.63 Å². The molecule has 0 atom stereocenters. The highest BCUT2D eigenvalue weighted by atomic mass is 35.5. The van der Waals surface area contributed by atoms with Crippen LogP contribution in [-0.4, -0.2) is 48.7 Å². The highest BCUT2D eigenvalue weighted by Crippen LogP contribution is 2.46. The lowest BCUT2D eigenvalue weighted by Crippen LogP contribution is -2.53. The number of benzene rings is 1. The summed E-state index contributed by atoms with van der Waals surface area (Å²) in [5, 5.41) is 2.68. The molecule has 5 heteroatoms. The zero-order chi connectivity index (χ0) is 17.6. The first-order chi connectivity index (χ1) is 11.3. The normalized spacial score (nSPS) is 21.2. The minimum Gasteiger partial charge on any atom is -0.332 e. The fraction of sp³-hybridized carbons (Fsp3) is 0.526. The lowest BCUT2D eigenvalue weighted by Gasteiger charge is -2.44. The van der Waals surface area contributed by atoms with E-state index in [9.17, 15) is 4.79 Å². The van der Waals surface area contributed by atoms with E-state index in [1.54, 1.807) is 7.11 Å². The number of halogens is 1. The second-order valence-corrected chi connectivity index (χ2v) is 7.36. The zero-order valence-corrected chi connectivity index (χ0v) is 15.8. The number of likely N-dealkylation sites (N-methyl/N-ethyl adjacent to an activating group) is 1. The van der Waals surface area contributed by atoms with Crippen LogP contribution in [0.4, 0.5) is 0 Å². The Balaban J connectivity index is 2.10.